The van der Waals surface area contributed by atoms with E-state index in [4.69, 9.17) is 4.74 Å². The van der Waals surface area contributed by atoms with Crippen LogP contribution in [-0.2, 0) is 25.5 Å². The first-order chi connectivity index (χ1) is 15.4. The third kappa shape index (κ3) is 3.23. The van der Waals surface area contributed by atoms with Gasteiger partial charge in [0.25, 0.3) is 5.91 Å². The van der Waals surface area contributed by atoms with Crippen LogP contribution in [-0.4, -0.2) is 75.4 Å². The van der Waals surface area contributed by atoms with Crippen LogP contribution >= 0.6 is 11.3 Å². The zero-order chi connectivity index (χ0) is 22.6. The van der Waals surface area contributed by atoms with Crippen molar-refractivity contribution in [3.05, 3.63) is 51.6 Å². The molecule has 2 aromatic rings. The number of fused-ring (bicyclic) bond motifs is 3. The Bertz CT molecular complexity index is 1170. The summed E-state index contributed by atoms with van der Waals surface area (Å²) < 4.78 is 32.7. The summed E-state index contributed by atoms with van der Waals surface area (Å²) >= 11 is 1.05. The number of amides is 1. The molecule has 32 heavy (non-hydrogen) atoms. The van der Waals surface area contributed by atoms with Crippen LogP contribution in [0.2, 0.25) is 0 Å². The van der Waals surface area contributed by atoms with Crippen molar-refractivity contribution < 1.29 is 27.9 Å². The summed E-state index contributed by atoms with van der Waals surface area (Å²) in [6.07, 6.45) is 1.57. The highest BCUT2D eigenvalue weighted by Gasteiger charge is 2.54. The zero-order valence-corrected chi connectivity index (χ0v) is 17.8. The average Bonchev–Trinajstić information content (AvgIpc) is 3.42. The minimum absolute atomic E-state index is 0.0537. The standard InChI is InChI=1S/C21H18F2N4O4S/c1-2-26-14-8-31-9-15(14)27-7-12(18(28)19(29)17(27)21(26)30)20-25-24-16(32-20)5-10-3-4-11(22)6-13(10)23/h3-4,6-7,14-15,17H,2,5,8-9H2,1H3/t14-,15-,17?/m1/s1. The Labute approximate surface area is 185 Å². The van der Waals surface area contributed by atoms with Gasteiger partial charge in [-0.3, -0.25) is 14.4 Å². The van der Waals surface area contributed by atoms with E-state index in [1.54, 1.807) is 9.80 Å². The number of ether oxygens (including phenoxy) is 1. The fraction of sp³-hybridized carbons (Fsp3) is 0.381. The molecule has 0 aliphatic carbocycles. The molecule has 3 aliphatic rings. The van der Waals surface area contributed by atoms with Gasteiger partial charge in [0, 0.05) is 25.2 Å². The smallest absolute Gasteiger partial charge is 0.253 e. The summed E-state index contributed by atoms with van der Waals surface area (Å²) in [5.41, 5.74) is 0.291. The van der Waals surface area contributed by atoms with Gasteiger partial charge in [0.2, 0.25) is 11.6 Å². The number of Topliss-reactive ketones (excluding diaryl/α,β-unsaturated/α-hetero) is 2. The number of aromatic nitrogens is 2. The van der Waals surface area contributed by atoms with Crippen molar-refractivity contribution in [1.29, 1.82) is 0 Å². The van der Waals surface area contributed by atoms with E-state index in [1.807, 2.05) is 6.92 Å². The van der Waals surface area contributed by atoms with Crippen LogP contribution in [0.15, 0.2) is 24.4 Å². The number of ketones is 2. The van der Waals surface area contributed by atoms with E-state index in [2.05, 4.69) is 10.2 Å². The van der Waals surface area contributed by atoms with Crippen molar-refractivity contribution in [3.8, 4) is 0 Å². The van der Waals surface area contributed by atoms with Crippen LogP contribution in [0.25, 0.3) is 5.57 Å². The van der Waals surface area contributed by atoms with E-state index >= 15 is 0 Å². The summed E-state index contributed by atoms with van der Waals surface area (Å²) in [6, 6.07) is 1.62. The maximum Gasteiger partial charge on any atom is 0.253 e. The molecule has 2 fully saturated rings. The fourth-order valence-electron chi connectivity index (χ4n) is 4.44. The minimum atomic E-state index is -1.20. The second-order valence-electron chi connectivity index (χ2n) is 7.80. The lowest BCUT2D eigenvalue weighted by molar-refractivity contribution is -0.154. The van der Waals surface area contributed by atoms with Crippen molar-refractivity contribution in [1.82, 2.24) is 20.0 Å². The maximum atomic E-state index is 14.0. The molecule has 1 aromatic carbocycles. The lowest BCUT2D eigenvalue weighted by Gasteiger charge is -2.47. The van der Waals surface area contributed by atoms with Crippen LogP contribution in [0.4, 0.5) is 8.78 Å². The van der Waals surface area contributed by atoms with Crippen molar-refractivity contribution in [2.24, 2.45) is 0 Å². The molecule has 166 valence electrons. The van der Waals surface area contributed by atoms with Gasteiger partial charge in [0.05, 0.1) is 30.9 Å². The van der Waals surface area contributed by atoms with Gasteiger partial charge in [-0.1, -0.05) is 17.4 Å². The second-order valence-corrected chi connectivity index (χ2v) is 8.86. The van der Waals surface area contributed by atoms with Gasteiger partial charge in [-0.15, -0.1) is 10.2 Å². The maximum absolute atomic E-state index is 14.0. The van der Waals surface area contributed by atoms with Gasteiger partial charge in [-0.2, -0.15) is 0 Å². The molecule has 3 aliphatic heterocycles. The fourth-order valence-corrected chi connectivity index (χ4v) is 5.31. The Morgan fingerprint density at radius 3 is 2.69 bits per heavy atom. The van der Waals surface area contributed by atoms with Crippen LogP contribution in [0.3, 0.4) is 0 Å². The van der Waals surface area contributed by atoms with Gasteiger partial charge in [0.15, 0.2) is 11.0 Å². The SMILES string of the molecule is CCN1C(=O)C2C(=O)C(=O)C(c3nnc(Cc4ccc(F)cc4F)s3)=CN2[C@@H]2COC[C@H]21. The summed E-state index contributed by atoms with van der Waals surface area (Å²) in [5.74, 6) is -3.40. The molecular weight excluding hydrogens is 442 g/mol. The number of nitrogens with zero attached hydrogens (tertiary/aromatic N) is 4. The van der Waals surface area contributed by atoms with Crippen LogP contribution in [0.5, 0.6) is 0 Å². The molecule has 1 amide bonds. The van der Waals surface area contributed by atoms with E-state index in [9.17, 15) is 23.2 Å². The quantitative estimate of drug-likeness (QED) is 0.500. The lowest BCUT2D eigenvalue weighted by Crippen LogP contribution is -2.68. The summed E-state index contributed by atoms with van der Waals surface area (Å²) in [4.78, 5) is 41.9. The van der Waals surface area contributed by atoms with E-state index in [0.29, 0.717) is 24.8 Å². The number of benzene rings is 1. The molecule has 1 unspecified atom stereocenters. The first-order valence-electron chi connectivity index (χ1n) is 10.1. The highest BCUT2D eigenvalue weighted by Crippen LogP contribution is 2.35. The molecular formula is C21H18F2N4O4S. The molecule has 0 radical (unpaired) electrons. The number of piperazine rings is 1. The van der Waals surface area contributed by atoms with Gasteiger partial charge in [-0.05, 0) is 18.6 Å². The zero-order valence-electron chi connectivity index (χ0n) is 17.0. The number of hydrogen-bond acceptors (Lipinski definition) is 8. The van der Waals surface area contributed by atoms with Gasteiger partial charge in [-0.25, -0.2) is 8.78 Å². The average molecular weight is 460 g/mol. The predicted octanol–water partition coefficient (Wildman–Crippen LogP) is 1.20. The topological polar surface area (TPSA) is 92.7 Å². The van der Waals surface area contributed by atoms with Crippen molar-refractivity contribution >= 4 is 34.4 Å². The predicted molar refractivity (Wildman–Crippen MR) is 108 cm³/mol. The third-order valence-electron chi connectivity index (χ3n) is 6.01. The molecule has 11 heteroatoms. The Kier molecular flexibility index (Phi) is 5.09. The number of likely N-dealkylation sites (N-methyl/N-ethyl adjacent to an activating group) is 1. The highest BCUT2D eigenvalue weighted by molar-refractivity contribution is 7.13. The molecule has 0 saturated carbocycles. The lowest BCUT2D eigenvalue weighted by atomic mass is 9.90. The molecule has 1 aromatic heterocycles. The summed E-state index contributed by atoms with van der Waals surface area (Å²) in [6.45, 7) is 2.95. The number of carbonyl (C=O) groups is 3. The van der Waals surface area contributed by atoms with Crippen LogP contribution < -0.4 is 0 Å². The normalized spacial score (nSPS) is 25.2. The number of hydrogen-bond donors (Lipinski definition) is 0. The number of carbonyl (C=O) groups excluding carboxylic acids is 3. The Morgan fingerprint density at radius 1 is 1.16 bits per heavy atom. The molecule has 0 spiro atoms. The monoisotopic (exact) mass is 460 g/mol. The molecule has 4 heterocycles. The highest BCUT2D eigenvalue weighted by atomic mass is 32.1. The van der Waals surface area contributed by atoms with Crippen molar-refractivity contribution in [2.45, 2.75) is 31.5 Å². The van der Waals surface area contributed by atoms with E-state index < -0.39 is 35.1 Å². The van der Waals surface area contributed by atoms with E-state index in [1.165, 1.54) is 12.3 Å². The van der Waals surface area contributed by atoms with Crippen LogP contribution in [0.1, 0.15) is 22.5 Å². The molecule has 8 nitrogen and oxygen atoms in total. The summed E-state index contributed by atoms with van der Waals surface area (Å²) in [7, 11) is 0. The minimum Gasteiger partial charge on any atom is -0.377 e. The number of allylic oxidation sites excluding steroid dienone is 1. The number of rotatable bonds is 4. The van der Waals surface area contributed by atoms with E-state index in [-0.39, 0.29) is 34.6 Å². The first kappa shape index (κ1) is 20.8. The van der Waals surface area contributed by atoms with Crippen molar-refractivity contribution in [2.75, 3.05) is 19.8 Å². The Morgan fingerprint density at radius 2 is 1.94 bits per heavy atom. The Balaban J connectivity index is 1.47. The van der Waals surface area contributed by atoms with Crippen molar-refractivity contribution in [3.63, 3.8) is 0 Å². The second kappa shape index (κ2) is 7.82. The van der Waals surface area contributed by atoms with Gasteiger partial charge in [0.1, 0.15) is 16.6 Å². The summed E-state index contributed by atoms with van der Waals surface area (Å²) in [5, 5.41) is 8.64. The molecule has 3 atom stereocenters. The largest absolute Gasteiger partial charge is 0.377 e. The number of halogens is 2. The van der Waals surface area contributed by atoms with Gasteiger partial charge < -0.3 is 14.5 Å². The molecule has 2 saturated heterocycles. The molecule has 0 bridgehead atoms. The van der Waals surface area contributed by atoms with E-state index in [0.717, 1.165) is 23.5 Å². The molecule has 5 rings (SSSR count). The van der Waals surface area contributed by atoms with Gasteiger partial charge >= 0.3 is 0 Å². The Hall–Kier alpha value is -3.05. The molecule has 0 N–H and O–H groups in total. The first-order valence-corrected chi connectivity index (χ1v) is 10.9. The third-order valence-corrected chi connectivity index (χ3v) is 6.97. The van der Waals surface area contributed by atoms with Crippen LogP contribution in [0, 0.1) is 11.6 Å².